The zero-order valence-electron chi connectivity index (χ0n) is 19.7. The van der Waals surface area contributed by atoms with Crippen molar-refractivity contribution in [2.45, 2.75) is 38.9 Å². The molecule has 3 aliphatic rings. The number of hydrogen-bond acceptors (Lipinski definition) is 7. The van der Waals surface area contributed by atoms with Crippen molar-refractivity contribution in [2.75, 3.05) is 17.2 Å². The number of ether oxygens (including phenoxy) is 2. The summed E-state index contributed by atoms with van der Waals surface area (Å²) in [6.07, 6.45) is 1.49. The van der Waals surface area contributed by atoms with Gasteiger partial charge in [0.2, 0.25) is 5.91 Å². The van der Waals surface area contributed by atoms with Crippen LogP contribution in [0.4, 0.5) is 11.4 Å². The van der Waals surface area contributed by atoms with E-state index in [2.05, 4.69) is 0 Å². The number of rotatable bonds is 2. The minimum absolute atomic E-state index is 0.348. The van der Waals surface area contributed by atoms with E-state index in [1.807, 2.05) is 6.07 Å². The molecule has 9 nitrogen and oxygen atoms in total. The number of nitrogens with two attached hydrogens (primary N) is 1. The van der Waals surface area contributed by atoms with Crippen molar-refractivity contribution < 1.29 is 33.8 Å². The summed E-state index contributed by atoms with van der Waals surface area (Å²) in [6.45, 7) is 3.53. The zero-order chi connectivity index (χ0) is 26.7. The SMILES string of the molecule is CC1(C)OC(=O)C2(CC2)C(=O)O1.Nc1cccc(Cl)c1.O=C(O)C1CCN(c2cccc(Cl)c2)C1=O. The van der Waals surface area contributed by atoms with E-state index in [4.69, 9.17) is 43.5 Å². The van der Waals surface area contributed by atoms with Crippen LogP contribution in [0.25, 0.3) is 0 Å². The first-order valence-corrected chi connectivity index (χ1v) is 11.9. The lowest BCUT2D eigenvalue weighted by Crippen LogP contribution is -2.47. The van der Waals surface area contributed by atoms with Crippen LogP contribution < -0.4 is 10.6 Å². The molecule has 1 unspecified atom stereocenters. The topological polar surface area (TPSA) is 136 Å². The molecule has 2 aromatic carbocycles. The Hall–Kier alpha value is -3.30. The second kappa shape index (κ2) is 10.8. The number of carbonyl (C=O) groups is 4. The van der Waals surface area contributed by atoms with Gasteiger partial charge in [0.05, 0.1) is 0 Å². The van der Waals surface area contributed by atoms with E-state index >= 15 is 0 Å². The number of hydrogen-bond donors (Lipinski definition) is 2. The number of esters is 2. The Labute approximate surface area is 218 Å². The highest BCUT2D eigenvalue weighted by Crippen LogP contribution is 2.51. The first-order chi connectivity index (χ1) is 16.8. The Morgan fingerprint density at radius 2 is 1.56 bits per heavy atom. The summed E-state index contributed by atoms with van der Waals surface area (Å²) in [5.74, 6) is -4.28. The quantitative estimate of drug-likeness (QED) is 0.329. The maximum Gasteiger partial charge on any atom is 0.326 e. The highest BCUT2D eigenvalue weighted by atomic mass is 35.5. The van der Waals surface area contributed by atoms with Crippen LogP contribution in [0.3, 0.4) is 0 Å². The van der Waals surface area contributed by atoms with E-state index in [0.29, 0.717) is 47.2 Å². The summed E-state index contributed by atoms with van der Waals surface area (Å²) in [5.41, 5.74) is 5.81. The van der Waals surface area contributed by atoms with Gasteiger partial charge < -0.3 is 25.2 Å². The lowest BCUT2D eigenvalue weighted by Gasteiger charge is -2.32. The van der Waals surface area contributed by atoms with Gasteiger partial charge in [0.1, 0.15) is 5.92 Å². The van der Waals surface area contributed by atoms with E-state index in [0.717, 1.165) is 0 Å². The van der Waals surface area contributed by atoms with Gasteiger partial charge in [0.15, 0.2) is 5.41 Å². The number of amides is 1. The van der Waals surface area contributed by atoms with E-state index in [-0.39, 0.29) is 5.91 Å². The van der Waals surface area contributed by atoms with Crippen LogP contribution in [0, 0.1) is 11.3 Å². The summed E-state index contributed by atoms with van der Waals surface area (Å²) >= 11 is 11.4. The fourth-order valence-electron chi connectivity index (χ4n) is 3.60. The largest absolute Gasteiger partial charge is 0.481 e. The van der Waals surface area contributed by atoms with E-state index in [1.165, 1.54) is 4.90 Å². The number of nitrogen functional groups attached to an aromatic ring is 1. The Morgan fingerprint density at radius 1 is 1.00 bits per heavy atom. The van der Waals surface area contributed by atoms with Gasteiger partial charge in [-0.15, -0.1) is 0 Å². The average molecular weight is 537 g/mol. The molecule has 36 heavy (non-hydrogen) atoms. The normalized spacial score (nSPS) is 20.8. The van der Waals surface area contributed by atoms with Crippen molar-refractivity contribution in [1.82, 2.24) is 0 Å². The molecule has 1 aliphatic carbocycles. The molecular weight excluding hydrogens is 511 g/mol. The molecule has 1 spiro atoms. The molecule has 1 amide bonds. The number of carbonyl (C=O) groups excluding carboxylic acids is 3. The van der Waals surface area contributed by atoms with Crippen LogP contribution >= 0.6 is 23.2 Å². The highest BCUT2D eigenvalue weighted by Gasteiger charge is 2.64. The van der Waals surface area contributed by atoms with E-state index < -0.39 is 35.0 Å². The molecular formula is C25H26Cl2N2O7. The van der Waals surface area contributed by atoms with Gasteiger partial charge in [-0.25, -0.2) is 0 Å². The Morgan fingerprint density at radius 3 is 1.97 bits per heavy atom. The number of anilines is 2. The molecule has 1 atom stereocenters. The minimum atomic E-state index is -1.08. The first kappa shape index (κ1) is 27.3. The fourth-order valence-corrected chi connectivity index (χ4v) is 3.98. The molecule has 0 radical (unpaired) electrons. The van der Waals surface area contributed by atoms with Gasteiger partial charge in [-0.3, -0.25) is 19.2 Å². The number of nitrogens with zero attached hydrogens (tertiary/aromatic N) is 1. The van der Waals surface area contributed by atoms with Crippen molar-refractivity contribution in [3.05, 3.63) is 58.6 Å². The second-order valence-corrected chi connectivity index (χ2v) is 9.84. The molecule has 3 fully saturated rings. The van der Waals surface area contributed by atoms with Crippen molar-refractivity contribution in [3.8, 4) is 0 Å². The van der Waals surface area contributed by atoms with Gasteiger partial charge in [-0.1, -0.05) is 35.3 Å². The third-order valence-corrected chi connectivity index (χ3v) is 6.15. The summed E-state index contributed by atoms with van der Waals surface area (Å²) in [7, 11) is 0. The van der Waals surface area contributed by atoms with E-state index in [1.54, 1.807) is 56.3 Å². The van der Waals surface area contributed by atoms with Gasteiger partial charge in [0, 0.05) is 41.8 Å². The monoisotopic (exact) mass is 536 g/mol. The van der Waals surface area contributed by atoms with Crippen LogP contribution in [-0.4, -0.2) is 41.3 Å². The smallest absolute Gasteiger partial charge is 0.326 e. The average Bonchev–Trinajstić information content (AvgIpc) is 3.49. The van der Waals surface area contributed by atoms with Crippen molar-refractivity contribution >= 4 is 58.4 Å². The van der Waals surface area contributed by atoms with Crippen LogP contribution in [0.1, 0.15) is 33.1 Å². The Balaban J connectivity index is 0.000000159. The molecule has 2 saturated heterocycles. The minimum Gasteiger partial charge on any atom is -0.481 e. The third kappa shape index (κ3) is 6.47. The lowest BCUT2D eigenvalue weighted by molar-refractivity contribution is -0.242. The van der Waals surface area contributed by atoms with Crippen molar-refractivity contribution in [2.24, 2.45) is 11.3 Å². The maximum absolute atomic E-state index is 11.8. The predicted octanol–water partition coefficient (Wildman–Crippen LogP) is 4.30. The summed E-state index contributed by atoms with van der Waals surface area (Å²) in [4.78, 5) is 46.6. The van der Waals surface area contributed by atoms with E-state index in [9.17, 15) is 19.2 Å². The number of cyclic esters (lactones) is 2. The Bertz CT molecular complexity index is 1140. The van der Waals surface area contributed by atoms with Crippen LogP contribution in [-0.2, 0) is 28.7 Å². The van der Waals surface area contributed by atoms with Crippen molar-refractivity contribution in [1.29, 1.82) is 0 Å². The zero-order valence-corrected chi connectivity index (χ0v) is 21.2. The fraction of sp³-hybridized carbons (Fsp3) is 0.360. The molecule has 2 aromatic rings. The number of aliphatic carboxylic acids is 1. The van der Waals surface area contributed by atoms with Gasteiger partial charge in [-0.05, 0) is 55.7 Å². The second-order valence-electron chi connectivity index (χ2n) is 8.97. The predicted molar refractivity (Wildman–Crippen MR) is 133 cm³/mol. The summed E-state index contributed by atoms with van der Waals surface area (Å²) < 4.78 is 9.88. The summed E-state index contributed by atoms with van der Waals surface area (Å²) in [5, 5.41) is 10.0. The molecule has 3 N–H and O–H groups in total. The molecule has 0 aromatic heterocycles. The summed E-state index contributed by atoms with van der Waals surface area (Å²) in [6, 6.07) is 14.0. The van der Waals surface area contributed by atoms with Crippen LogP contribution in [0.15, 0.2) is 48.5 Å². The first-order valence-electron chi connectivity index (χ1n) is 11.1. The molecule has 0 bridgehead atoms. The lowest BCUT2D eigenvalue weighted by atomic mass is 10.1. The molecule has 2 heterocycles. The highest BCUT2D eigenvalue weighted by molar-refractivity contribution is 6.31. The van der Waals surface area contributed by atoms with Crippen LogP contribution in [0.5, 0.6) is 0 Å². The standard InChI is InChI=1S/C11H10ClNO3.C8H10O4.C6H6ClN/c12-7-2-1-3-8(6-7)13-5-4-9(10(13)14)11(15)16;1-7(2)11-5(9)8(3-4-8)6(10)12-7;7-5-2-1-3-6(8)4-5/h1-3,6,9H,4-5H2,(H,15,16);3-4H2,1-2H3;1-4H,8H2. The van der Waals surface area contributed by atoms with Crippen LogP contribution in [0.2, 0.25) is 10.0 Å². The van der Waals surface area contributed by atoms with Gasteiger partial charge >= 0.3 is 17.9 Å². The number of carboxylic acids is 1. The molecule has 5 rings (SSSR count). The van der Waals surface area contributed by atoms with Gasteiger partial charge in [0.25, 0.3) is 5.79 Å². The van der Waals surface area contributed by atoms with Gasteiger partial charge in [-0.2, -0.15) is 0 Å². The molecule has 192 valence electrons. The number of halogens is 2. The molecule has 1 saturated carbocycles. The Kier molecular flexibility index (Phi) is 8.15. The number of benzene rings is 2. The molecule has 2 aliphatic heterocycles. The molecule has 11 heteroatoms. The third-order valence-electron chi connectivity index (χ3n) is 5.68. The van der Waals surface area contributed by atoms with Crippen molar-refractivity contribution in [3.63, 3.8) is 0 Å². The maximum atomic E-state index is 11.8. The number of carboxylic acid groups (broad SMARTS) is 1.